The minimum Gasteiger partial charge on any atom is -0.481 e. The molecule has 0 unspecified atom stereocenters. The van der Waals surface area contributed by atoms with Gasteiger partial charge >= 0.3 is 5.97 Å². The smallest absolute Gasteiger partial charge is 0.304 e. The molecule has 1 amide bonds. The first kappa shape index (κ1) is 16.7. The highest BCUT2D eigenvalue weighted by atomic mass is 127. The van der Waals surface area contributed by atoms with Crippen LogP contribution in [0.15, 0.2) is 22.7 Å². The number of carbonyl (C=O) groups excluding carboxylic acids is 1. The van der Waals surface area contributed by atoms with E-state index in [-0.39, 0.29) is 12.3 Å². The Balaban J connectivity index is 1.94. The molecule has 0 aromatic heterocycles. The quantitative estimate of drug-likeness (QED) is 0.691. The standard InChI is InChI=1S/C14H16BrIN2O3/c15-10-1-2-12(16)11(9-10)14(21)18-7-5-17(6-8-18)4-3-13(19)20/h1-2,9H,3-8H2,(H,19,20). The first-order chi connectivity index (χ1) is 9.97. The molecule has 0 bridgehead atoms. The normalized spacial score (nSPS) is 16.0. The van der Waals surface area contributed by atoms with Crippen LogP contribution in [-0.2, 0) is 4.79 Å². The molecule has 0 aliphatic carbocycles. The van der Waals surface area contributed by atoms with Crippen LogP contribution in [0.4, 0.5) is 0 Å². The lowest BCUT2D eigenvalue weighted by Crippen LogP contribution is -2.49. The third-order valence-electron chi connectivity index (χ3n) is 3.46. The third-order valence-corrected chi connectivity index (χ3v) is 4.89. The first-order valence-electron chi connectivity index (χ1n) is 6.66. The van der Waals surface area contributed by atoms with Crippen molar-refractivity contribution in [1.29, 1.82) is 0 Å². The molecule has 5 nitrogen and oxygen atoms in total. The zero-order chi connectivity index (χ0) is 15.4. The summed E-state index contributed by atoms with van der Waals surface area (Å²) >= 11 is 5.56. The molecule has 0 radical (unpaired) electrons. The second-order valence-electron chi connectivity index (χ2n) is 4.90. The Morgan fingerprint density at radius 1 is 1.24 bits per heavy atom. The number of hydrogen-bond acceptors (Lipinski definition) is 3. The summed E-state index contributed by atoms with van der Waals surface area (Å²) in [7, 11) is 0. The fourth-order valence-electron chi connectivity index (χ4n) is 2.26. The summed E-state index contributed by atoms with van der Waals surface area (Å²) < 4.78 is 1.83. The van der Waals surface area contributed by atoms with Crippen molar-refractivity contribution in [2.24, 2.45) is 0 Å². The monoisotopic (exact) mass is 466 g/mol. The molecule has 1 N–H and O–H groups in total. The predicted octanol–water partition coefficient (Wildman–Crippen LogP) is 2.29. The van der Waals surface area contributed by atoms with E-state index in [1.807, 2.05) is 23.1 Å². The lowest BCUT2D eigenvalue weighted by Gasteiger charge is -2.34. The third kappa shape index (κ3) is 4.65. The number of hydrogen-bond donors (Lipinski definition) is 1. The number of benzene rings is 1. The summed E-state index contributed by atoms with van der Waals surface area (Å²) in [6.07, 6.45) is 0.150. The van der Waals surface area contributed by atoms with Crippen LogP contribution >= 0.6 is 38.5 Å². The number of carbonyl (C=O) groups is 2. The van der Waals surface area contributed by atoms with Gasteiger partial charge in [0.2, 0.25) is 0 Å². The zero-order valence-corrected chi connectivity index (χ0v) is 15.1. The van der Waals surface area contributed by atoms with Crippen molar-refractivity contribution >= 4 is 50.4 Å². The summed E-state index contributed by atoms with van der Waals surface area (Å²) in [6.45, 7) is 3.28. The van der Waals surface area contributed by atoms with Crippen LogP contribution in [0.25, 0.3) is 0 Å². The number of rotatable bonds is 4. The second-order valence-corrected chi connectivity index (χ2v) is 6.98. The maximum atomic E-state index is 12.5. The second kappa shape index (κ2) is 7.55. The zero-order valence-electron chi connectivity index (χ0n) is 11.4. The van der Waals surface area contributed by atoms with Gasteiger partial charge in [-0.05, 0) is 40.8 Å². The van der Waals surface area contributed by atoms with E-state index in [4.69, 9.17) is 5.11 Å². The Morgan fingerprint density at radius 3 is 2.52 bits per heavy atom. The Kier molecular flexibility index (Phi) is 6.00. The lowest BCUT2D eigenvalue weighted by atomic mass is 10.2. The van der Waals surface area contributed by atoms with E-state index in [0.717, 1.165) is 21.1 Å². The van der Waals surface area contributed by atoms with Gasteiger partial charge in [-0.25, -0.2) is 0 Å². The highest BCUT2D eigenvalue weighted by molar-refractivity contribution is 14.1. The lowest BCUT2D eigenvalue weighted by molar-refractivity contribution is -0.137. The van der Waals surface area contributed by atoms with Crippen LogP contribution in [0, 0.1) is 3.57 Å². The van der Waals surface area contributed by atoms with E-state index in [1.54, 1.807) is 0 Å². The number of nitrogens with zero attached hydrogens (tertiary/aromatic N) is 2. The number of piperazine rings is 1. The largest absolute Gasteiger partial charge is 0.481 e. The molecule has 7 heteroatoms. The van der Waals surface area contributed by atoms with Gasteiger partial charge in [-0.1, -0.05) is 15.9 Å². The number of amides is 1. The molecule has 1 aromatic carbocycles. The Hall–Kier alpha value is -0.670. The fraction of sp³-hybridized carbons (Fsp3) is 0.429. The molecule has 1 heterocycles. The van der Waals surface area contributed by atoms with Gasteiger partial charge < -0.3 is 10.0 Å². The van der Waals surface area contributed by atoms with Crippen LogP contribution in [0.2, 0.25) is 0 Å². The summed E-state index contributed by atoms with van der Waals surface area (Å²) in [5.74, 6) is -0.740. The van der Waals surface area contributed by atoms with Crippen molar-refractivity contribution < 1.29 is 14.7 Å². The fourth-order valence-corrected chi connectivity index (χ4v) is 3.19. The Labute approximate surface area is 145 Å². The van der Waals surface area contributed by atoms with Gasteiger partial charge in [0.25, 0.3) is 5.91 Å². The number of carboxylic acid groups (broad SMARTS) is 1. The molecule has 2 rings (SSSR count). The van der Waals surface area contributed by atoms with Crippen LogP contribution in [-0.4, -0.2) is 59.5 Å². The molecule has 0 spiro atoms. The first-order valence-corrected chi connectivity index (χ1v) is 8.53. The number of halogens is 2. The molecule has 1 aliphatic rings. The molecule has 21 heavy (non-hydrogen) atoms. The Bertz CT molecular complexity index is 545. The summed E-state index contributed by atoms with van der Waals surface area (Å²) in [5, 5.41) is 8.69. The molecular weight excluding hydrogens is 451 g/mol. The van der Waals surface area contributed by atoms with Crippen molar-refractivity contribution in [2.75, 3.05) is 32.7 Å². The highest BCUT2D eigenvalue weighted by Crippen LogP contribution is 2.20. The van der Waals surface area contributed by atoms with Crippen LogP contribution < -0.4 is 0 Å². The SMILES string of the molecule is O=C(O)CCN1CCN(C(=O)c2cc(Br)ccc2I)CC1. The van der Waals surface area contributed by atoms with Crippen molar-refractivity contribution in [3.63, 3.8) is 0 Å². The molecule has 1 aliphatic heterocycles. The molecule has 114 valence electrons. The van der Waals surface area contributed by atoms with E-state index >= 15 is 0 Å². The van der Waals surface area contributed by atoms with Gasteiger partial charge in [0, 0.05) is 40.8 Å². The molecular formula is C14H16BrIN2O3. The summed E-state index contributed by atoms with van der Waals surface area (Å²) in [5.41, 5.74) is 0.712. The van der Waals surface area contributed by atoms with Crippen molar-refractivity contribution in [3.8, 4) is 0 Å². The van der Waals surface area contributed by atoms with E-state index in [9.17, 15) is 9.59 Å². The van der Waals surface area contributed by atoms with Gasteiger partial charge in [0.05, 0.1) is 12.0 Å². The van der Waals surface area contributed by atoms with Crippen molar-refractivity contribution in [3.05, 3.63) is 31.8 Å². The average Bonchev–Trinajstić information content (AvgIpc) is 2.47. The summed E-state index contributed by atoms with van der Waals surface area (Å²) in [4.78, 5) is 27.0. The maximum Gasteiger partial charge on any atom is 0.304 e. The van der Waals surface area contributed by atoms with Gasteiger partial charge in [0.1, 0.15) is 0 Å². The van der Waals surface area contributed by atoms with Crippen molar-refractivity contribution in [1.82, 2.24) is 9.80 Å². The van der Waals surface area contributed by atoms with E-state index < -0.39 is 5.97 Å². The van der Waals surface area contributed by atoms with Gasteiger partial charge in [-0.2, -0.15) is 0 Å². The minimum atomic E-state index is -0.780. The molecule has 0 atom stereocenters. The highest BCUT2D eigenvalue weighted by Gasteiger charge is 2.23. The van der Waals surface area contributed by atoms with Gasteiger partial charge in [-0.3, -0.25) is 14.5 Å². The van der Waals surface area contributed by atoms with Gasteiger partial charge in [0.15, 0.2) is 0 Å². The molecule has 1 saturated heterocycles. The molecule has 1 fully saturated rings. The topological polar surface area (TPSA) is 60.9 Å². The predicted molar refractivity (Wildman–Crippen MR) is 91.5 cm³/mol. The van der Waals surface area contributed by atoms with Crippen LogP contribution in [0.5, 0.6) is 0 Å². The Morgan fingerprint density at radius 2 is 1.90 bits per heavy atom. The molecule has 0 saturated carbocycles. The van der Waals surface area contributed by atoms with Crippen LogP contribution in [0.1, 0.15) is 16.8 Å². The number of aliphatic carboxylic acids is 1. The van der Waals surface area contributed by atoms with E-state index in [2.05, 4.69) is 43.4 Å². The molecule has 1 aromatic rings. The average molecular weight is 467 g/mol. The maximum absolute atomic E-state index is 12.5. The minimum absolute atomic E-state index is 0.0404. The van der Waals surface area contributed by atoms with Crippen LogP contribution in [0.3, 0.4) is 0 Å². The number of carboxylic acids is 1. The van der Waals surface area contributed by atoms with E-state index in [1.165, 1.54) is 0 Å². The van der Waals surface area contributed by atoms with E-state index in [0.29, 0.717) is 25.2 Å². The summed E-state index contributed by atoms with van der Waals surface area (Å²) in [6, 6.07) is 5.68. The van der Waals surface area contributed by atoms with Crippen molar-refractivity contribution in [2.45, 2.75) is 6.42 Å². The van der Waals surface area contributed by atoms with Gasteiger partial charge in [-0.15, -0.1) is 0 Å².